The number of nitro benzene ring substituents is 1. The Labute approximate surface area is 150 Å². The zero-order valence-electron chi connectivity index (χ0n) is 14.9. The van der Waals surface area contributed by atoms with Gasteiger partial charge in [0, 0.05) is 24.5 Å². The van der Waals surface area contributed by atoms with Crippen molar-refractivity contribution in [1.82, 2.24) is 5.32 Å². The summed E-state index contributed by atoms with van der Waals surface area (Å²) in [6.07, 6.45) is -0.152. The third kappa shape index (κ3) is 3.34. The zero-order valence-corrected chi connectivity index (χ0v) is 14.9. The van der Waals surface area contributed by atoms with Crippen molar-refractivity contribution in [2.45, 2.75) is 38.8 Å². The largest absolute Gasteiger partial charge is 0.479 e. The van der Waals surface area contributed by atoms with E-state index in [9.17, 15) is 24.8 Å². The first-order valence-corrected chi connectivity index (χ1v) is 8.18. The van der Waals surface area contributed by atoms with E-state index in [-0.39, 0.29) is 24.0 Å². The van der Waals surface area contributed by atoms with Crippen LogP contribution in [0, 0.1) is 15.5 Å². The van der Waals surface area contributed by atoms with Crippen molar-refractivity contribution in [2.24, 2.45) is 5.41 Å². The van der Waals surface area contributed by atoms with Gasteiger partial charge >= 0.3 is 11.7 Å². The fraction of sp³-hybridized carbons (Fsp3) is 0.529. The summed E-state index contributed by atoms with van der Waals surface area (Å²) in [5.74, 6) is -1.89. The lowest BCUT2D eigenvalue weighted by Crippen LogP contribution is -2.76. The molecular weight excluding hydrogens is 344 g/mol. The molecule has 0 aromatic heterocycles. The van der Waals surface area contributed by atoms with Crippen molar-refractivity contribution in [3.05, 3.63) is 34.4 Å². The average molecular weight is 366 g/mol. The molecule has 2 atom stereocenters. The number of nitrogens with one attached hydrogen (secondary N) is 1. The maximum absolute atomic E-state index is 12.3. The number of amides is 1. The number of carbonyl (C=O) groups excluding carboxylic acids is 1. The van der Waals surface area contributed by atoms with E-state index in [0.717, 1.165) is 0 Å². The summed E-state index contributed by atoms with van der Waals surface area (Å²) in [7, 11) is 0. The highest BCUT2D eigenvalue weighted by molar-refractivity contribution is 5.90. The van der Waals surface area contributed by atoms with Gasteiger partial charge in [-0.15, -0.1) is 0 Å². The molecule has 9 nitrogen and oxygen atoms in total. The van der Waals surface area contributed by atoms with Crippen molar-refractivity contribution in [2.75, 3.05) is 13.2 Å². The van der Waals surface area contributed by atoms with Crippen LogP contribution in [0.1, 0.15) is 27.2 Å². The second-order valence-electron chi connectivity index (χ2n) is 6.64. The van der Waals surface area contributed by atoms with Crippen LogP contribution in [0.2, 0.25) is 0 Å². The van der Waals surface area contributed by atoms with E-state index in [2.05, 4.69) is 5.32 Å². The number of rotatable bonds is 8. The smallest absolute Gasteiger partial charge is 0.330 e. The number of nitro groups is 1. The molecule has 0 saturated heterocycles. The van der Waals surface area contributed by atoms with Gasteiger partial charge < -0.3 is 19.9 Å². The number of benzene rings is 1. The van der Waals surface area contributed by atoms with Crippen LogP contribution in [0.5, 0.6) is 5.75 Å². The zero-order chi connectivity index (χ0) is 19.5. The Morgan fingerprint density at radius 2 is 2.04 bits per heavy atom. The molecule has 2 N–H and O–H groups in total. The number of carboxylic acids is 1. The van der Waals surface area contributed by atoms with E-state index in [1.165, 1.54) is 18.2 Å². The van der Waals surface area contributed by atoms with Gasteiger partial charge in [0.15, 0.2) is 12.4 Å². The molecule has 2 rings (SSSR count). The Kier molecular flexibility index (Phi) is 5.50. The van der Waals surface area contributed by atoms with Gasteiger partial charge in [0.05, 0.1) is 11.0 Å². The van der Waals surface area contributed by atoms with Crippen molar-refractivity contribution in [3.63, 3.8) is 0 Å². The Hall–Kier alpha value is -2.68. The minimum absolute atomic E-state index is 0.0583. The third-order valence-electron chi connectivity index (χ3n) is 4.90. The fourth-order valence-corrected chi connectivity index (χ4v) is 3.18. The van der Waals surface area contributed by atoms with Crippen LogP contribution in [0.15, 0.2) is 24.3 Å². The third-order valence-corrected chi connectivity index (χ3v) is 4.90. The first-order chi connectivity index (χ1) is 12.2. The molecule has 1 aromatic rings. The minimum Gasteiger partial charge on any atom is -0.479 e. The molecular formula is C17H22N2O7. The maximum atomic E-state index is 12.3. The van der Waals surface area contributed by atoms with E-state index in [1.54, 1.807) is 19.9 Å². The van der Waals surface area contributed by atoms with Crippen LogP contribution in [-0.2, 0) is 14.3 Å². The topological polar surface area (TPSA) is 128 Å². The van der Waals surface area contributed by atoms with Crippen LogP contribution >= 0.6 is 0 Å². The minimum atomic E-state index is -1.48. The lowest BCUT2D eigenvalue weighted by Gasteiger charge is -2.58. The molecule has 1 fully saturated rings. The van der Waals surface area contributed by atoms with Gasteiger partial charge in [-0.1, -0.05) is 26.0 Å². The number of hydrogen-bond donors (Lipinski definition) is 2. The predicted molar refractivity (Wildman–Crippen MR) is 90.9 cm³/mol. The van der Waals surface area contributed by atoms with E-state index in [0.29, 0.717) is 6.61 Å². The van der Waals surface area contributed by atoms with Crippen molar-refractivity contribution in [3.8, 4) is 5.75 Å². The first-order valence-electron chi connectivity index (χ1n) is 8.18. The first kappa shape index (κ1) is 19.6. The maximum Gasteiger partial charge on any atom is 0.330 e. The molecule has 1 saturated carbocycles. The highest BCUT2D eigenvalue weighted by atomic mass is 16.6. The quantitative estimate of drug-likeness (QED) is 0.530. The Morgan fingerprint density at radius 1 is 1.38 bits per heavy atom. The highest BCUT2D eigenvalue weighted by Gasteiger charge is 2.66. The Morgan fingerprint density at radius 3 is 2.58 bits per heavy atom. The molecule has 2 unspecified atom stereocenters. The van der Waals surface area contributed by atoms with Crippen LogP contribution in [0.4, 0.5) is 5.69 Å². The summed E-state index contributed by atoms with van der Waals surface area (Å²) in [6, 6.07) is 5.65. The number of carboxylic acid groups (broad SMARTS) is 1. The SMILES string of the molecule is CCOC1CC(NC(=O)COc2ccccc2[N+](=O)[O-])(C(=O)O)C1(C)C. The number of ether oxygens (including phenoxy) is 2. The summed E-state index contributed by atoms with van der Waals surface area (Å²) in [5, 5.41) is 23.1. The molecule has 9 heteroatoms. The summed E-state index contributed by atoms with van der Waals surface area (Å²) >= 11 is 0. The lowest BCUT2D eigenvalue weighted by atomic mass is 9.54. The summed E-state index contributed by atoms with van der Waals surface area (Å²) in [4.78, 5) is 34.4. The molecule has 142 valence electrons. The number of para-hydroxylation sites is 2. The molecule has 0 bridgehead atoms. The van der Waals surface area contributed by atoms with Gasteiger partial charge in [-0.3, -0.25) is 14.9 Å². The standard InChI is InChI=1S/C17H22N2O7/c1-4-25-13-9-17(15(21)22,16(13,2)3)18-14(20)10-26-12-8-6-5-7-11(12)19(23)24/h5-8,13H,4,9-10H2,1-3H3,(H,18,20)(H,21,22). The van der Waals surface area contributed by atoms with E-state index in [1.807, 2.05) is 6.92 Å². The van der Waals surface area contributed by atoms with Gasteiger partial charge in [-0.2, -0.15) is 0 Å². The molecule has 0 aliphatic heterocycles. The second kappa shape index (κ2) is 7.28. The molecule has 26 heavy (non-hydrogen) atoms. The predicted octanol–water partition coefficient (Wildman–Crippen LogP) is 1.75. The van der Waals surface area contributed by atoms with Gasteiger partial charge in [-0.25, -0.2) is 4.79 Å². The summed E-state index contributed by atoms with van der Waals surface area (Å²) < 4.78 is 10.7. The number of nitrogens with zero attached hydrogens (tertiary/aromatic N) is 1. The van der Waals surface area contributed by atoms with Gasteiger partial charge in [-0.05, 0) is 13.0 Å². The van der Waals surface area contributed by atoms with Gasteiger partial charge in [0.25, 0.3) is 5.91 Å². The highest BCUT2D eigenvalue weighted by Crippen LogP contribution is 2.51. The van der Waals surface area contributed by atoms with Crippen LogP contribution in [0.3, 0.4) is 0 Å². The average Bonchev–Trinajstić information content (AvgIpc) is 2.58. The normalized spacial score (nSPS) is 23.6. The molecule has 0 heterocycles. The molecule has 1 aliphatic carbocycles. The van der Waals surface area contributed by atoms with E-state index in [4.69, 9.17) is 9.47 Å². The molecule has 1 aliphatic rings. The molecule has 1 amide bonds. The Bertz CT molecular complexity index is 719. The summed E-state index contributed by atoms with van der Waals surface area (Å²) in [6.45, 7) is 5.16. The van der Waals surface area contributed by atoms with Crippen molar-refractivity contribution >= 4 is 17.6 Å². The van der Waals surface area contributed by atoms with E-state index >= 15 is 0 Å². The molecule has 0 spiro atoms. The van der Waals surface area contributed by atoms with Crippen LogP contribution < -0.4 is 10.1 Å². The van der Waals surface area contributed by atoms with Gasteiger partial charge in [0.2, 0.25) is 0 Å². The molecule has 1 aromatic carbocycles. The number of hydrogen-bond acceptors (Lipinski definition) is 6. The van der Waals surface area contributed by atoms with Crippen molar-refractivity contribution in [1.29, 1.82) is 0 Å². The van der Waals surface area contributed by atoms with Gasteiger partial charge in [0.1, 0.15) is 5.54 Å². The fourth-order valence-electron chi connectivity index (χ4n) is 3.18. The van der Waals surface area contributed by atoms with Crippen LogP contribution in [0.25, 0.3) is 0 Å². The lowest BCUT2D eigenvalue weighted by molar-refractivity contribution is -0.385. The number of aliphatic carboxylic acids is 1. The second-order valence-corrected chi connectivity index (χ2v) is 6.64. The van der Waals surface area contributed by atoms with Crippen molar-refractivity contribution < 1.29 is 29.1 Å². The summed E-state index contributed by atoms with van der Waals surface area (Å²) in [5.41, 5.74) is -2.56. The molecule has 0 radical (unpaired) electrons. The van der Waals surface area contributed by atoms with E-state index < -0.39 is 34.4 Å². The number of carbonyl (C=O) groups is 2. The monoisotopic (exact) mass is 366 g/mol. The Balaban J connectivity index is 2.07. The van der Waals surface area contributed by atoms with Crippen LogP contribution in [-0.4, -0.2) is 46.8 Å².